The molecule has 0 aliphatic rings. The summed E-state index contributed by atoms with van der Waals surface area (Å²) in [4.78, 5) is 27.3. The van der Waals surface area contributed by atoms with Crippen LogP contribution in [0.15, 0.2) is 91.1 Å². The standard InChI is InChI=1S/C26H24N4O2/c1-19-11-9-10-16-22(19)25-23(17-30(28-25)21-14-7-4-8-15-21)26(32)29(2)18-24(31)27-20-12-5-3-6-13-20/h3-17H,18H2,1-2H3,(H,27,31). The molecule has 4 aromatic rings. The third kappa shape index (κ3) is 4.59. The van der Waals surface area contributed by atoms with Gasteiger partial charge in [0.05, 0.1) is 17.8 Å². The number of anilines is 1. The largest absolute Gasteiger partial charge is 0.332 e. The molecule has 0 aliphatic heterocycles. The fourth-order valence-electron chi connectivity index (χ4n) is 3.50. The van der Waals surface area contributed by atoms with E-state index in [1.807, 2.05) is 79.7 Å². The van der Waals surface area contributed by atoms with Crippen molar-refractivity contribution in [3.8, 4) is 16.9 Å². The van der Waals surface area contributed by atoms with E-state index < -0.39 is 0 Å². The van der Waals surface area contributed by atoms with E-state index in [-0.39, 0.29) is 18.4 Å². The third-order valence-electron chi connectivity index (χ3n) is 5.15. The molecule has 0 fully saturated rings. The molecule has 160 valence electrons. The molecule has 1 N–H and O–H groups in total. The molecule has 6 nitrogen and oxygen atoms in total. The molecule has 0 saturated heterocycles. The molecule has 0 saturated carbocycles. The average molecular weight is 425 g/mol. The summed E-state index contributed by atoms with van der Waals surface area (Å²) in [5, 5.41) is 7.54. The van der Waals surface area contributed by atoms with Gasteiger partial charge in [-0.3, -0.25) is 9.59 Å². The number of aromatic nitrogens is 2. The fourth-order valence-corrected chi connectivity index (χ4v) is 3.50. The summed E-state index contributed by atoms with van der Waals surface area (Å²) < 4.78 is 1.70. The van der Waals surface area contributed by atoms with Crippen molar-refractivity contribution in [3.63, 3.8) is 0 Å². The minimum atomic E-state index is -0.270. The van der Waals surface area contributed by atoms with Gasteiger partial charge in [-0.05, 0) is 36.8 Å². The molecule has 0 spiro atoms. The highest BCUT2D eigenvalue weighted by Gasteiger charge is 2.23. The number of carbonyl (C=O) groups excluding carboxylic acids is 2. The van der Waals surface area contributed by atoms with E-state index in [0.717, 1.165) is 16.8 Å². The van der Waals surface area contributed by atoms with Crippen LogP contribution >= 0.6 is 0 Å². The van der Waals surface area contributed by atoms with Gasteiger partial charge in [-0.1, -0.05) is 60.7 Å². The highest BCUT2D eigenvalue weighted by Crippen LogP contribution is 2.27. The average Bonchev–Trinajstić information content (AvgIpc) is 3.25. The number of aryl methyl sites for hydroxylation is 1. The van der Waals surface area contributed by atoms with Crippen molar-refractivity contribution >= 4 is 17.5 Å². The molecule has 0 atom stereocenters. The van der Waals surface area contributed by atoms with Crippen LogP contribution in [-0.4, -0.2) is 40.1 Å². The van der Waals surface area contributed by atoms with Gasteiger partial charge in [0.15, 0.2) is 0 Å². The lowest BCUT2D eigenvalue weighted by Gasteiger charge is -2.17. The number of nitrogens with zero attached hydrogens (tertiary/aromatic N) is 3. The first-order valence-electron chi connectivity index (χ1n) is 10.3. The quantitative estimate of drug-likeness (QED) is 0.493. The van der Waals surface area contributed by atoms with Crippen LogP contribution in [0, 0.1) is 6.92 Å². The molecule has 1 aromatic heterocycles. The second-order valence-corrected chi connectivity index (χ2v) is 7.56. The van der Waals surface area contributed by atoms with Crippen LogP contribution in [0.3, 0.4) is 0 Å². The molecular formula is C26H24N4O2. The lowest BCUT2D eigenvalue weighted by molar-refractivity contribution is -0.116. The van der Waals surface area contributed by atoms with Crippen LogP contribution in [0.5, 0.6) is 0 Å². The molecule has 6 heteroatoms. The molecule has 0 aliphatic carbocycles. The Labute approximate surface area is 187 Å². The molecule has 0 bridgehead atoms. The maximum atomic E-state index is 13.4. The number of likely N-dealkylation sites (N-methyl/N-ethyl adjacent to an activating group) is 1. The van der Waals surface area contributed by atoms with Gasteiger partial charge in [-0.2, -0.15) is 5.10 Å². The second-order valence-electron chi connectivity index (χ2n) is 7.56. The van der Waals surface area contributed by atoms with Gasteiger partial charge < -0.3 is 10.2 Å². The zero-order chi connectivity index (χ0) is 22.5. The number of hydrogen-bond acceptors (Lipinski definition) is 3. The van der Waals surface area contributed by atoms with Crippen LogP contribution in [0.4, 0.5) is 5.69 Å². The number of benzene rings is 3. The summed E-state index contributed by atoms with van der Waals surface area (Å²) in [5.41, 5.74) is 4.48. The van der Waals surface area contributed by atoms with Crippen LogP contribution in [0.1, 0.15) is 15.9 Å². The van der Waals surface area contributed by atoms with Gasteiger partial charge in [0, 0.05) is 24.5 Å². The van der Waals surface area contributed by atoms with Crippen molar-refractivity contribution < 1.29 is 9.59 Å². The minimum Gasteiger partial charge on any atom is -0.332 e. The van der Waals surface area contributed by atoms with E-state index in [2.05, 4.69) is 5.32 Å². The van der Waals surface area contributed by atoms with Crippen molar-refractivity contribution in [1.29, 1.82) is 0 Å². The van der Waals surface area contributed by atoms with Gasteiger partial charge in [0.1, 0.15) is 5.69 Å². The van der Waals surface area contributed by atoms with Crippen LogP contribution in [0.2, 0.25) is 0 Å². The molecule has 32 heavy (non-hydrogen) atoms. The second kappa shape index (κ2) is 9.31. The first-order chi connectivity index (χ1) is 15.5. The predicted molar refractivity (Wildman–Crippen MR) is 126 cm³/mol. The zero-order valence-electron chi connectivity index (χ0n) is 18.0. The Hall–Kier alpha value is -4.19. The van der Waals surface area contributed by atoms with E-state index in [1.165, 1.54) is 4.90 Å². The molecule has 3 aromatic carbocycles. The summed E-state index contributed by atoms with van der Waals surface area (Å²) in [5.74, 6) is -0.534. The van der Waals surface area contributed by atoms with Crippen molar-refractivity contribution in [3.05, 3.63) is 102 Å². The van der Waals surface area contributed by atoms with E-state index in [1.54, 1.807) is 30.1 Å². The summed E-state index contributed by atoms with van der Waals surface area (Å²) in [6.45, 7) is 1.92. The molecular weight excluding hydrogens is 400 g/mol. The van der Waals surface area contributed by atoms with Crippen LogP contribution in [0.25, 0.3) is 16.9 Å². The van der Waals surface area contributed by atoms with Gasteiger partial charge in [0.2, 0.25) is 5.91 Å². The van der Waals surface area contributed by atoms with Gasteiger partial charge >= 0.3 is 0 Å². The number of amides is 2. The summed E-state index contributed by atoms with van der Waals surface area (Å²) in [6.07, 6.45) is 1.73. The van der Waals surface area contributed by atoms with E-state index >= 15 is 0 Å². The Morgan fingerprint density at radius 2 is 1.53 bits per heavy atom. The zero-order valence-corrected chi connectivity index (χ0v) is 18.0. The third-order valence-corrected chi connectivity index (χ3v) is 5.15. The molecule has 2 amide bonds. The summed E-state index contributed by atoms with van der Waals surface area (Å²) in [7, 11) is 1.62. The van der Waals surface area contributed by atoms with Crippen molar-refractivity contribution in [2.75, 3.05) is 18.9 Å². The first-order valence-corrected chi connectivity index (χ1v) is 10.3. The van der Waals surface area contributed by atoms with Gasteiger partial charge in [0.25, 0.3) is 5.91 Å². The maximum Gasteiger partial charge on any atom is 0.257 e. The number of para-hydroxylation sites is 2. The maximum absolute atomic E-state index is 13.4. The smallest absolute Gasteiger partial charge is 0.257 e. The van der Waals surface area contributed by atoms with E-state index in [0.29, 0.717) is 16.9 Å². The molecule has 0 radical (unpaired) electrons. The summed E-state index contributed by atoms with van der Waals surface area (Å²) >= 11 is 0. The van der Waals surface area contributed by atoms with Gasteiger partial charge in [-0.25, -0.2) is 4.68 Å². The highest BCUT2D eigenvalue weighted by molar-refractivity contribution is 6.02. The first kappa shape index (κ1) is 21.1. The number of hydrogen-bond donors (Lipinski definition) is 1. The van der Waals surface area contributed by atoms with Crippen LogP contribution < -0.4 is 5.32 Å². The topological polar surface area (TPSA) is 67.2 Å². The number of nitrogens with one attached hydrogen (secondary N) is 1. The SMILES string of the molecule is Cc1ccccc1-c1nn(-c2ccccc2)cc1C(=O)N(C)CC(=O)Nc1ccccc1. The molecule has 4 rings (SSSR count). The Kier molecular flexibility index (Phi) is 6.12. The highest BCUT2D eigenvalue weighted by atomic mass is 16.2. The number of carbonyl (C=O) groups is 2. The predicted octanol–water partition coefficient (Wildman–Crippen LogP) is 4.56. The van der Waals surface area contributed by atoms with Gasteiger partial charge in [-0.15, -0.1) is 0 Å². The molecule has 1 heterocycles. The lowest BCUT2D eigenvalue weighted by Crippen LogP contribution is -2.35. The normalized spacial score (nSPS) is 10.6. The fraction of sp³-hybridized carbons (Fsp3) is 0.115. The minimum absolute atomic E-state index is 0.0720. The van der Waals surface area contributed by atoms with Crippen molar-refractivity contribution in [1.82, 2.24) is 14.7 Å². The van der Waals surface area contributed by atoms with E-state index in [4.69, 9.17) is 5.10 Å². The van der Waals surface area contributed by atoms with Crippen LogP contribution in [-0.2, 0) is 4.79 Å². The Balaban J connectivity index is 1.63. The lowest BCUT2D eigenvalue weighted by atomic mass is 10.0. The van der Waals surface area contributed by atoms with Crippen molar-refractivity contribution in [2.45, 2.75) is 6.92 Å². The Morgan fingerprint density at radius 3 is 2.22 bits per heavy atom. The Bertz CT molecular complexity index is 1230. The summed E-state index contributed by atoms with van der Waals surface area (Å²) in [6, 6.07) is 26.6. The van der Waals surface area contributed by atoms with E-state index in [9.17, 15) is 9.59 Å². The number of rotatable bonds is 6. The van der Waals surface area contributed by atoms with Crippen molar-refractivity contribution in [2.24, 2.45) is 0 Å². The monoisotopic (exact) mass is 424 g/mol. The Morgan fingerprint density at radius 1 is 0.906 bits per heavy atom. The molecule has 0 unspecified atom stereocenters.